The third kappa shape index (κ3) is 4.44. The second-order valence-electron chi connectivity index (χ2n) is 6.21. The number of anilines is 3. The molecule has 2 aromatic carbocycles. The Hall–Kier alpha value is -3.35. The molecule has 0 aliphatic heterocycles. The van der Waals surface area contributed by atoms with Crippen LogP contribution >= 0.6 is 0 Å². The monoisotopic (exact) mass is 368 g/mol. The highest BCUT2D eigenvalue weighted by Gasteiger charge is 2.14. The first-order valence-electron chi connectivity index (χ1n) is 8.28. The van der Waals surface area contributed by atoms with Crippen molar-refractivity contribution in [1.29, 1.82) is 0 Å². The lowest BCUT2D eigenvalue weighted by Gasteiger charge is -2.12. The van der Waals surface area contributed by atoms with E-state index in [1.807, 2.05) is 32.0 Å². The zero-order valence-corrected chi connectivity index (χ0v) is 15.1. The van der Waals surface area contributed by atoms with Crippen LogP contribution in [-0.4, -0.2) is 15.9 Å². The standard InChI is InChI=1S/C20H18F2N4O/c1-11-4-5-12(2)17(8-11)25-19-10-18(23-13(3)24-19)20(27)26-16-7-6-14(21)9-15(16)22/h4-10H,1-3H3,(H,26,27)(H,23,24,25). The van der Waals surface area contributed by atoms with Crippen molar-refractivity contribution in [3.63, 3.8) is 0 Å². The molecule has 0 fully saturated rings. The van der Waals surface area contributed by atoms with Crippen molar-refractivity contribution >= 4 is 23.1 Å². The van der Waals surface area contributed by atoms with E-state index in [0.29, 0.717) is 17.7 Å². The number of nitrogens with one attached hydrogen (secondary N) is 2. The van der Waals surface area contributed by atoms with E-state index >= 15 is 0 Å². The molecule has 0 saturated carbocycles. The van der Waals surface area contributed by atoms with Crippen LogP contribution < -0.4 is 10.6 Å². The predicted octanol–water partition coefficient (Wildman–Crippen LogP) is 4.68. The molecule has 1 heterocycles. The van der Waals surface area contributed by atoms with Gasteiger partial charge in [-0.1, -0.05) is 12.1 Å². The summed E-state index contributed by atoms with van der Waals surface area (Å²) < 4.78 is 26.8. The fourth-order valence-corrected chi connectivity index (χ4v) is 2.53. The van der Waals surface area contributed by atoms with Crippen LogP contribution in [0.15, 0.2) is 42.5 Å². The summed E-state index contributed by atoms with van der Waals surface area (Å²) in [5.74, 6) is -1.36. The Morgan fingerprint density at radius 2 is 1.70 bits per heavy atom. The van der Waals surface area contributed by atoms with E-state index in [2.05, 4.69) is 20.6 Å². The zero-order valence-electron chi connectivity index (χ0n) is 15.1. The molecule has 0 unspecified atom stereocenters. The molecule has 5 nitrogen and oxygen atoms in total. The van der Waals surface area contributed by atoms with Crippen molar-refractivity contribution in [1.82, 2.24) is 9.97 Å². The van der Waals surface area contributed by atoms with Crippen LogP contribution in [0.4, 0.5) is 26.0 Å². The minimum Gasteiger partial charge on any atom is -0.340 e. The van der Waals surface area contributed by atoms with E-state index in [-0.39, 0.29) is 11.4 Å². The summed E-state index contributed by atoms with van der Waals surface area (Å²) >= 11 is 0. The van der Waals surface area contributed by atoms with Gasteiger partial charge in [-0.3, -0.25) is 4.79 Å². The predicted molar refractivity (Wildman–Crippen MR) is 100 cm³/mol. The largest absolute Gasteiger partial charge is 0.340 e. The number of rotatable bonds is 4. The van der Waals surface area contributed by atoms with Crippen LogP contribution in [0.2, 0.25) is 0 Å². The number of aryl methyl sites for hydroxylation is 3. The van der Waals surface area contributed by atoms with Crippen LogP contribution in [0.3, 0.4) is 0 Å². The third-order valence-corrected chi connectivity index (χ3v) is 3.91. The molecular weight excluding hydrogens is 350 g/mol. The van der Waals surface area contributed by atoms with E-state index in [9.17, 15) is 13.6 Å². The van der Waals surface area contributed by atoms with Gasteiger partial charge in [0.05, 0.1) is 5.69 Å². The van der Waals surface area contributed by atoms with Crippen molar-refractivity contribution in [3.05, 3.63) is 76.7 Å². The molecule has 0 bridgehead atoms. The smallest absolute Gasteiger partial charge is 0.274 e. The van der Waals surface area contributed by atoms with Crippen LogP contribution in [0.1, 0.15) is 27.4 Å². The molecule has 7 heteroatoms. The van der Waals surface area contributed by atoms with Gasteiger partial charge in [0.15, 0.2) is 0 Å². The minimum atomic E-state index is -0.858. The summed E-state index contributed by atoms with van der Waals surface area (Å²) in [7, 11) is 0. The van der Waals surface area contributed by atoms with Crippen molar-refractivity contribution < 1.29 is 13.6 Å². The van der Waals surface area contributed by atoms with E-state index in [1.165, 1.54) is 6.07 Å². The number of amides is 1. The number of hydrogen-bond acceptors (Lipinski definition) is 4. The van der Waals surface area contributed by atoms with Crippen LogP contribution in [-0.2, 0) is 0 Å². The highest BCUT2D eigenvalue weighted by molar-refractivity contribution is 6.03. The molecule has 0 aliphatic carbocycles. The summed E-state index contributed by atoms with van der Waals surface area (Å²) in [6.45, 7) is 5.59. The molecule has 2 N–H and O–H groups in total. The number of nitrogens with zero attached hydrogens (tertiary/aromatic N) is 2. The SMILES string of the molecule is Cc1ccc(C)c(Nc2cc(C(=O)Nc3ccc(F)cc3F)nc(C)n2)c1. The molecular formula is C20H18F2N4O. The number of aromatic nitrogens is 2. The van der Waals surface area contributed by atoms with Crippen LogP contribution in [0.5, 0.6) is 0 Å². The van der Waals surface area contributed by atoms with Crippen LogP contribution in [0.25, 0.3) is 0 Å². The van der Waals surface area contributed by atoms with E-state index in [4.69, 9.17) is 0 Å². The molecule has 0 spiro atoms. The molecule has 27 heavy (non-hydrogen) atoms. The Labute approximate surface area is 155 Å². The summed E-state index contributed by atoms with van der Waals surface area (Å²) in [6, 6.07) is 10.4. The maximum atomic E-state index is 13.8. The Kier molecular flexibility index (Phi) is 5.12. The van der Waals surface area contributed by atoms with Gasteiger partial charge in [0, 0.05) is 17.8 Å². The average molecular weight is 368 g/mol. The molecule has 1 amide bonds. The first kappa shape index (κ1) is 18.4. The van der Waals surface area contributed by atoms with Gasteiger partial charge in [0.1, 0.15) is 29.0 Å². The van der Waals surface area contributed by atoms with Gasteiger partial charge >= 0.3 is 0 Å². The first-order valence-corrected chi connectivity index (χ1v) is 8.28. The normalized spacial score (nSPS) is 10.6. The van der Waals surface area contributed by atoms with Crippen LogP contribution in [0, 0.1) is 32.4 Å². The second kappa shape index (κ2) is 7.49. The van der Waals surface area contributed by atoms with Gasteiger partial charge in [-0.2, -0.15) is 0 Å². The first-order chi connectivity index (χ1) is 12.8. The molecule has 0 aliphatic rings. The third-order valence-electron chi connectivity index (χ3n) is 3.91. The van der Waals surface area contributed by atoms with E-state index in [0.717, 1.165) is 28.9 Å². The van der Waals surface area contributed by atoms with Crippen molar-refractivity contribution in [2.75, 3.05) is 10.6 Å². The molecule has 0 atom stereocenters. The summed E-state index contributed by atoms with van der Waals surface area (Å²) in [4.78, 5) is 20.8. The lowest BCUT2D eigenvalue weighted by atomic mass is 10.1. The van der Waals surface area contributed by atoms with Gasteiger partial charge < -0.3 is 10.6 Å². The maximum Gasteiger partial charge on any atom is 0.274 e. The van der Waals surface area contributed by atoms with Gasteiger partial charge in [-0.15, -0.1) is 0 Å². The summed E-state index contributed by atoms with van der Waals surface area (Å²) in [5, 5.41) is 5.57. The quantitative estimate of drug-likeness (QED) is 0.702. The Morgan fingerprint density at radius 3 is 2.44 bits per heavy atom. The maximum absolute atomic E-state index is 13.8. The number of carbonyl (C=O) groups excluding carboxylic acids is 1. The lowest BCUT2D eigenvalue weighted by molar-refractivity contribution is 0.102. The van der Waals surface area contributed by atoms with E-state index < -0.39 is 17.5 Å². The molecule has 1 aromatic heterocycles. The number of halogens is 2. The average Bonchev–Trinajstić information content (AvgIpc) is 2.60. The fourth-order valence-electron chi connectivity index (χ4n) is 2.53. The highest BCUT2D eigenvalue weighted by atomic mass is 19.1. The number of benzene rings is 2. The molecule has 0 saturated heterocycles. The zero-order chi connectivity index (χ0) is 19.6. The Balaban J connectivity index is 1.86. The lowest BCUT2D eigenvalue weighted by Crippen LogP contribution is -2.16. The fraction of sp³-hybridized carbons (Fsp3) is 0.150. The Morgan fingerprint density at radius 1 is 0.926 bits per heavy atom. The van der Waals surface area contributed by atoms with Crippen molar-refractivity contribution in [3.8, 4) is 0 Å². The number of carbonyl (C=O) groups is 1. The van der Waals surface area contributed by atoms with Gasteiger partial charge in [-0.25, -0.2) is 18.7 Å². The second-order valence-corrected chi connectivity index (χ2v) is 6.21. The van der Waals surface area contributed by atoms with Crippen molar-refractivity contribution in [2.24, 2.45) is 0 Å². The van der Waals surface area contributed by atoms with Gasteiger partial charge in [0.25, 0.3) is 5.91 Å². The topological polar surface area (TPSA) is 66.9 Å². The molecule has 0 radical (unpaired) electrons. The van der Waals surface area contributed by atoms with E-state index in [1.54, 1.807) is 6.92 Å². The summed E-state index contributed by atoms with van der Waals surface area (Å²) in [5.41, 5.74) is 2.92. The highest BCUT2D eigenvalue weighted by Crippen LogP contribution is 2.22. The van der Waals surface area contributed by atoms with Crippen molar-refractivity contribution in [2.45, 2.75) is 20.8 Å². The minimum absolute atomic E-state index is 0.0685. The van der Waals surface area contributed by atoms with Gasteiger partial charge in [-0.05, 0) is 50.1 Å². The molecule has 3 rings (SSSR count). The number of hydrogen-bond donors (Lipinski definition) is 2. The Bertz CT molecular complexity index is 1020. The molecule has 3 aromatic rings. The summed E-state index contributed by atoms with van der Waals surface area (Å²) in [6.07, 6.45) is 0. The van der Waals surface area contributed by atoms with Gasteiger partial charge in [0.2, 0.25) is 0 Å². The molecule has 138 valence electrons.